The Morgan fingerprint density at radius 1 is 1.16 bits per heavy atom. The van der Waals surface area contributed by atoms with Crippen molar-refractivity contribution in [1.82, 2.24) is 19.7 Å². The van der Waals surface area contributed by atoms with Gasteiger partial charge in [-0.15, -0.1) is 0 Å². The van der Waals surface area contributed by atoms with Gasteiger partial charge in [0, 0.05) is 50.6 Å². The minimum absolute atomic E-state index is 0.0460. The van der Waals surface area contributed by atoms with Gasteiger partial charge < -0.3 is 14.9 Å². The van der Waals surface area contributed by atoms with Crippen molar-refractivity contribution in [2.45, 2.75) is 32.6 Å². The molecule has 0 aliphatic carbocycles. The molecule has 0 saturated carbocycles. The van der Waals surface area contributed by atoms with E-state index in [4.69, 9.17) is 10.1 Å². The van der Waals surface area contributed by atoms with Crippen LogP contribution >= 0.6 is 0 Å². The molecule has 0 bridgehead atoms. The van der Waals surface area contributed by atoms with E-state index in [9.17, 15) is 15.2 Å². The normalized spacial score (nSPS) is 14.2. The Morgan fingerprint density at radius 2 is 1.92 bits per heavy atom. The zero-order valence-corrected chi connectivity index (χ0v) is 22.1. The first-order valence-electron chi connectivity index (χ1n) is 12.8. The number of hydrogen-bond acceptors (Lipinski definition) is 7. The van der Waals surface area contributed by atoms with Crippen LogP contribution < -0.4 is 9.80 Å². The molecule has 0 unspecified atom stereocenters. The number of rotatable bonds is 6. The summed E-state index contributed by atoms with van der Waals surface area (Å²) in [7, 11) is 3.95. The molecule has 1 N–H and O–H groups in total. The Labute approximate surface area is 222 Å². The molecular formula is C29H31N7O2. The Kier molecular flexibility index (Phi) is 6.72. The third-order valence-corrected chi connectivity index (χ3v) is 7.08. The van der Waals surface area contributed by atoms with Crippen molar-refractivity contribution in [2.75, 3.05) is 37.0 Å². The number of piperidine rings is 1. The van der Waals surface area contributed by atoms with Crippen LogP contribution in [0.3, 0.4) is 0 Å². The highest BCUT2D eigenvalue weighted by Gasteiger charge is 2.24. The number of carbonyl (C=O) groups is 1. The second kappa shape index (κ2) is 10.1. The predicted octanol–water partition coefficient (Wildman–Crippen LogP) is 5.11. The van der Waals surface area contributed by atoms with Crippen LogP contribution in [-0.4, -0.2) is 58.0 Å². The number of pyridine rings is 2. The first-order chi connectivity index (χ1) is 18.3. The van der Waals surface area contributed by atoms with E-state index in [1.807, 2.05) is 55.4 Å². The quantitative estimate of drug-likeness (QED) is 0.382. The van der Waals surface area contributed by atoms with Gasteiger partial charge in [0.25, 0.3) is 0 Å². The summed E-state index contributed by atoms with van der Waals surface area (Å²) in [4.78, 5) is 25.6. The molecule has 1 aromatic carbocycles. The van der Waals surface area contributed by atoms with Crippen LogP contribution in [0.5, 0.6) is 0 Å². The summed E-state index contributed by atoms with van der Waals surface area (Å²) in [5, 5.41) is 24.9. The second-order valence-corrected chi connectivity index (χ2v) is 10.2. The maximum absolute atomic E-state index is 12.1. The van der Waals surface area contributed by atoms with Gasteiger partial charge in [-0.3, -0.25) is 0 Å². The first kappa shape index (κ1) is 25.2. The lowest BCUT2D eigenvalue weighted by molar-refractivity contribution is 0.0691. The average molecular weight is 510 g/mol. The highest BCUT2D eigenvalue weighted by molar-refractivity contribution is 6.00. The van der Waals surface area contributed by atoms with Gasteiger partial charge in [0.1, 0.15) is 5.82 Å². The number of nitrogens with zero attached hydrogens (tertiary/aromatic N) is 7. The standard InChI is InChI=1S/C29H31N7O2/c1-18(2)27-26-23(20-8-9-25(31-17-20)35-12-10-19(16-30)11-13-35)15-24(29(37)38)32-28(26)36(33-27)22-7-5-6-21(14-22)34(3)4/h5-9,14-15,17-19H,10-13H2,1-4H3,(H,37,38). The fourth-order valence-electron chi connectivity index (χ4n) is 4.94. The number of carboxylic acids is 1. The molecule has 3 aromatic heterocycles. The smallest absolute Gasteiger partial charge is 0.354 e. The Morgan fingerprint density at radius 3 is 2.53 bits per heavy atom. The molecule has 4 heterocycles. The van der Waals surface area contributed by atoms with Crippen molar-refractivity contribution in [2.24, 2.45) is 5.92 Å². The molecule has 0 amide bonds. The van der Waals surface area contributed by atoms with Gasteiger partial charge in [-0.05, 0) is 60.7 Å². The largest absolute Gasteiger partial charge is 0.477 e. The van der Waals surface area contributed by atoms with E-state index in [-0.39, 0.29) is 17.5 Å². The van der Waals surface area contributed by atoms with Gasteiger partial charge >= 0.3 is 5.97 Å². The van der Waals surface area contributed by atoms with Crippen molar-refractivity contribution >= 4 is 28.5 Å². The number of fused-ring (bicyclic) bond motifs is 1. The zero-order chi connectivity index (χ0) is 27.0. The van der Waals surface area contributed by atoms with Crippen LogP contribution in [0.2, 0.25) is 0 Å². The van der Waals surface area contributed by atoms with Crippen LogP contribution in [0.1, 0.15) is 48.8 Å². The Balaban J connectivity index is 1.65. The monoisotopic (exact) mass is 509 g/mol. The molecule has 1 aliphatic heterocycles. The summed E-state index contributed by atoms with van der Waals surface area (Å²) in [6.45, 7) is 5.74. The fourth-order valence-corrected chi connectivity index (χ4v) is 4.94. The number of anilines is 2. The SMILES string of the molecule is CC(C)c1nn(-c2cccc(N(C)C)c2)c2nc(C(=O)O)cc(-c3ccc(N4CCC(C#N)CC4)nc3)c12. The van der Waals surface area contributed by atoms with E-state index >= 15 is 0 Å². The summed E-state index contributed by atoms with van der Waals surface area (Å²) in [6, 6.07) is 15.9. The highest BCUT2D eigenvalue weighted by atomic mass is 16.4. The van der Waals surface area contributed by atoms with E-state index in [2.05, 4.69) is 29.8 Å². The van der Waals surface area contributed by atoms with Crippen molar-refractivity contribution in [3.63, 3.8) is 0 Å². The van der Waals surface area contributed by atoms with Gasteiger partial charge in [0.15, 0.2) is 11.3 Å². The average Bonchev–Trinajstić information content (AvgIpc) is 3.33. The minimum Gasteiger partial charge on any atom is -0.477 e. The third-order valence-electron chi connectivity index (χ3n) is 7.08. The van der Waals surface area contributed by atoms with Crippen LogP contribution in [0.4, 0.5) is 11.5 Å². The lowest BCUT2D eigenvalue weighted by Gasteiger charge is -2.30. The number of carboxylic acid groups (broad SMARTS) is 1. The lowest BCUT2D eigenvalue weighted by Crippen LogP contribution is -2.33. The second-order valence-electron chi connectivity index (χ2n) is 10.2. The van der Waals surface area contributed by atoms with Gasteiger partial charge in [-0.2, -0.15) is 10.4 Å². The predicted molar refractivity (Wildman–Crippen MR) is 148 cm³/mol. The van der Waals surface area contributed by atoms with E-state index in [0.717, 1.165) is 65.3 Å². The van der Waals surface area contributed by atoms with E-state index < -0.39 is 5.97 Å². The maximum atomic E-state index is 12.1. The molecule has 0 radical (unpaired) electrons. The van der Waals surface area contributed by atoms with Gasteiger partial charge in [0.2, 0.25) is 0 Å². The number of aromatic nitrogens is 4. The molecule has 0 spiro atoms. The van der Waals surface area contributed by atoms with Crippen molar-refractivity contribution in [1.29, 1.82) is 5.26 Å². The maximum Gasteiger partial charge on any atom is 0.354 e. The molecule has 9 nitrogen and oxygen atoms in total. The number of nitriles is 1. The minimum atomic E-state index is -1.10. The lowest BCUT2D eigenvalue weighted by atomic mass is 9.97. The molecule has 0 atom stereocenters. The van der Waals surface area contributed by atoms with Crippen molar-refractivity contribution < 1.29 is 9.90 Å². The molecule has 1 aliphatic rings. The molecule has 194 valence electrons. The Bertz CT molecular complexity index is 1530. The first-order valence-corrected chi connectivity index (χ1v) is 12.8. The molecule has 4 aromatic rings. The zero-order valence-electron chi connectivity index (χ0n) is 22.1. The van der Waals surface area contributed by atoms with Gasteiger partial charge in [-0.25, -0.2) is 19.4 Å². The summed E-state index contributed by atoms with van der Waals surface area (Å²) in [5.41, 5.74) is 4.66. The van der Waals surface area contributed by atoms with E-state index in [1.165, 1.54) is 0 Å². The number of aromatic carboxylic acids is 1. The van der Waals surface area contributed by atoms with Crippen LogP contribution in [0.15, 0.2) is 48.7 Å². The number of hydrogen-bond donors (Lipinski definition) is 1. The van der Waals surface area contributed by atoms with Gasteiger partial charge in [-0.1, -0.05) is 19.9 Å². The summed E-state index contributed by atoms with van der Waals surface area (Å²) < 4.78 is 1.74. The van der Waals surface area contributed by atoms with E-state index in [1.54, 1.807) is 16.9 Å². The summed E-state index contributed by atoms with van der Waals surface area (Å²) >= 11 is 0. The van der Waals surface area contributed by atoms with Crippen LogP contribution in [-0.2, 0) is 0 Å². The molecule has 9 heteroatoms. The molecular weight excluding hydrogens is 478 g/mol. The van der Waals surface area contributed by atoms with Crippen LogP contribution in [0.25, 0.3) is 27.8 Å². The third kappa shape index (κ3) is 4.65. The van der Waals surface area contributed by atoms with Crippen molar-refractivity contribution in [3.8, 4) is 22.9 Å². The summed E-state index contributed by atoms with van der Waals surface area (Å²) in [5.74, 6) is -0.0525. The van der Waals surface area contributed by atoms with E-state index in [0.29, 0.717) is 5.65 Å². The fraction of sp³-hybridized carbons (Fsp3) is 0.345. The van der Waals surface area contributed by atoms with Crippen LogP contribution in [0, 0.1) is 17.2 Å². The summed E-state index contributed by atoms with van der Waals surface area (Å²) in [6.07, 6.45) is 3.46. The highest BCUT2D eigenvalue weighted by Crippen LogP contribution is 2.36. The molecule has 1 fully saturated rings. The van der Waals surface area contributed by atoms with Gasteiger partial charge in [0.05, 0.1) is 22.8 Å². The van der Waals surface area contributed by atoms with Crippen molar-refractivity contribution in [3.05, 3.63) is 60.0 Å². The molecule has 38 heavy (non-hydrogen) atoms. The molecule has 5 rings (SSSR count). The Hall–Kier alpha value is -4.45. The topological polar surface area (TPSA) is 111 Å². The number of benzene rings is 1. The molecule has 1 saturated heterocycles.